The van der Waals surface area contributed by atoms with Crippen LogP contribution in [-0.4, -0.2) is 45.3 Å². The van der Waals surface area contributed by atoms with Crippen LogP contribution in [0.4, 0.5) is 10.5 Å². The second-order valence-electron chi connectivity index (χ2n) is 4.15. The third kappa shape index (κ3) is 5.71. The zero-order valence-corrected chi connectivity index (χ0v) is 11.9. The minimum absolute atomic E-state index is 0.137. The van der Waals surface area contributed by atoms with E-state index in [-0.39, 0.29) is 12.5 Å². The number of urea groups is 1. The van der Waals surface area contributed by atoms with E-state index in [1.54, 1.807) is 7.11 Å². The number of nitrogens with zero attached hydrogens (tertiary/aromatic N) is 1. The summed E-state index contributed by atoms with van der Waals surface area (Å²) in [6, 6.07) is 9.09. The normalized spacial score (nSPS) is 9.90. The number of hydrogen-bond acceptors (Lipinski definition) is 4. The lowest BCUT2D eigenvalue weighted by Crippen LogP contribution is -2.45. The first kappa shape index (κ1) is 16.0. The number of benzene rings is 1. The summed E-state index contributed by atoms with van der Waals surface area (Å²) in [6.45, 7) is 3.55. The summed E-state index contributed by atoms with van der Waals surface area (Å²) in [5, 5.41) is 4.82. The van der Waals surface area contributed by atoms with Gasteiger partial charge in [-0.3, -0.25) is 10.1 Å². The molecule has 0 heterocycles. The number of methoxy groups -OCH3 is 1. The van der Waals surface area contributed by atoms with Crippen molar-refractivity contribution < 1.29 is 14.3 Å². The third-order valence-electron chi connectivity index (χ3n) is 2.68. The molecule has 0 saturated carbocycles. The van der Waals surface area contributed by atoms with E-state index in [4.69, 9.17) is 4.74 Å². The second-order valence-corrected chi connectivity index (χ2v) is 4.15. The highest BCUT2D eigenvalue weighted by atomic mass is 16.5. The van der Waals surface area contributed by atoms with Crippen molar-refractivity contribution in [2.45, 2.75) is 6.92 Å². The molecule has 0 unspecified atom stereocenters. The number of anilines is 1. The topological polar surface area (TPSA) is 70.7 Å². The van der Waals surface area contributed by atoms with Gasteiger partial charge in [0.05, 0.1) is 13.2 Å². The van der Waals surface area contributed by atoms with Crippen molar-refractivity contribution in [3.63, 3.8) is 0 Å². The minimum atomic E-state index is -0.504. The van der Waals surface area contributed by atoms with E-state index in [9.17, 15) is 9.59 Å². The smallest absolute Gasteiger partial charge is 0.321 e. The van der Waals surface area contributed by atoms with E-state index >= 15 is 0 Å². The van der Waals surface area contributed by atoms with E-state index in [0.29, 0.717) is 19.7 Å². The number of carbonyl (C=O) groups excluding carboxylic acids is 2. The molecule has 0 aliphatic carbocycles. The molecule has 6 heteroatoms. The van der Waals surface area contributed by atoms with Crippen LogP contribution >= 0.6 is 0 Å². The van der Waals surface area contributed by atoms with Gasteiger partial charge >= 0.3 is 6.03 Å². The molecule has 0 aliphatic rings. The molecule has 110 valence electrons. The van der Waals surface area contributed by atoms with Crippen LogP contribution in [0.2, 0.25) is 0 Å². The lowest BCUT2D eigenvalue weighted by Gasteiger charge is -2.22. The third-order valence-corrected chi connectivity index (χ3v) is 2.68. The van der Waals surface area contributed by atoms with E-state index in [0.717, 1.165) is 5.69 Å². The van der Waals surface area contributed by atoms with Gasteiger partial charge < -0.3 is 15.0 Å². The predicted molar refractivity (Wildman–Crippen MR) is 77.7 cm³/mol. The SMILES string of the molecule is CCN(CC(=O)NC(=O)NCCOC)c1ccccc1. The molecule has 1 aromatic carbocycles. The van der Waals surface area contributed by atoms with Gasteiger partial charge in [0, 0.05) is 25.9 Å². The Morgan fingerprint density at radius 2 is 1.95 bits per heavy atom. The summed E-state index contributed by atoms with van der Waals surface area (Å²) >= 11 is 0. The molecule has 3 amide bonds. The number of ether oxygens (including phenoxy) is 1. The van der Waals surface area contributed by atoms with E-state index in [2.05, 4.69) is 10.6 Å². The van der Waals surface area contributed by atoms with Gasteiger partial charge in [0.15, 0.2) is 0 Å². The van der Waals surface area contributed by atoms with Gasteiger partial charge in [-0.1, -0.05) is 18.2 Å². The first-order chi connectivity index (χ1) is 9.67. The predicted octanol–water partition coefficient (Wildman–Crippen LogP) is 0.985. The lowest BCUT2D eigenvalue weighted by molar-refractivity contribution is -0.118. The summed E-state index contributed by atoms with van der Waals surface area (Å²) in [7, 11) is 1.55. The zero-order chi connectivity index (χ0) is 14.8. The number of nitrogens with one attached hydrogen (secondary N) is 2. The summed E-state index contributed by atoms with van der Waals surface area (Å²) in [5.41, 5.74) is 0.949. The molecule has 0 aliphatic heterocycles. The molecule has 2 N–H and O–H groups in total. The molecule has 0 spiro atoms. The first-order valence-corrected chi connectivity index (χ1v) is 6.54. The van der Waals surface area contributed by atoms with Crippen molar-refractivity contribution in [1.29, 1.82) is 0 Å². The fourth-order valence-corrected chi connectivity index (χ4v) is 1.67. The maximum atomic E-state index is 11.8. The molecular weight excluding hydrogens is 258 g/mol. The highest BCUT2D eigenvalue weighted by Crippen LogP contribution is 2.11. The van der Waals surface area contributed by atoms with Crippen LogP contribution in [0, 0.1) is 0 Å². The molecule has 1 aromatic rings. The van der Waals surface area contributed by atoms with Crippen molar-refractivity contribution in [1.82, 2.24) is 10.6 Å². The molecule has 0 radical (unpaired) electrons. The zero-order valence-electron chi connectivity index (χ0n) is 11.9. The van der Waals surface area contributed by atoms with Gasteiger partial charge in [-0.25, -0.2) is 4.79 Å². The second kappa shape index (κ2) is 8.92. The Hall–Kier alpha value is -2.08. The number of hydrogen-bond donors (Lipinski definition) is 2. The molecule has 0 saturated heterocycles. The Kier molecular flexibility index (Phi) is 7.13. The van der Waals surface area contributed by atoms with Crippen molar-refractivity contribution in [2.75, 3.05) is 38.3 Å². The standard InChI is InChI=1S/C14H21N3O3/c1-3-17(12-7-5-4-6-8-12)11-13(18)16-14(19)15-9-10-20-2/h4-8H,3,9-11H2,1-2H3,(H2,15,16,18,19). The quantitative estimate of drug-likeness (QED) is 0.730. The number of rotatable bonds is 7. The van der Waals surface area contributed by atoms with Crippen LogP contribution in [0.15, 0.2) is 30.3 Å². The largest absolute Gasteiger partial charge is 0.383 e. The van der Waals surface area contributed by atoms with Crippen LogP contribution in [0.25, 0.3) is 0 Å². The van der Waals surface area contributed by atoms with Crippen molar-refractivity contribution in [2.24, 2.45) is 0 Å². The number of carbonyl (C=O) groups is 2. The van der Waals surface area contributed by atoms with E-state index < -0.39 is 6.03 Å². The number of likely N-dealkylation sites (N-methyl/N-ethyl adjacent to an activating group) is 1. The van der Waals surface area contributed by atoms with E-state index in [1.807, 2.05) is 42.2 Å². The molecule has 0 atom stereocenters. The van der Waals surface area contributed by atoms with Gasteiger partial charge in [-0.2, -0.15) is 0 Å². The van der Waals surface area contributed by atoms with Gasteiger partial charge in [-0.15, -0.1) is 0 Å². The van der Waals surface area contributed by atoms with Crippen molar-refractivity contribution >= 4 is 17.6 Å². The Bertz CT molecular complexity index is 423. The number of imide groups is 1. The summed E-state index contributed by atoms with van der Waals surface area (Å²) < 4.78 is 4.80. The average Bonchev–Trinajstić information content (AvgIpc) is 2.46. The highest BCUT2D eigenvalue weighted by Gasteiger charge is 2.12. The molecule has 20 heavy (non-hydrogen) atoms. The Morgan fingerprint density at radius 3 is 2.55 bits per heavy atom. The minimum Gasteiger partial charge on any atom is -0.383 e. The number of amides is 3. The monoisotopic (exact) mass is 279 g/mol. The van der Waals surface area contributed by atoms with Gasteiger partial charge in [0.1, 0.15) is 0 Å². The Labute approximate surface area is 119 Å². The van der Waals surface area contributed by atoms with Crippen LogP contribution < -0.4 is 15.5 Å². The fourth-order valence-electron chi connectivity index (χ4n) is 1.67. The molecule has 1 rings (SSSR count). The Balaban J connectivity index is 2.42. The average molecular weight is 279 g/mol. The van der Waals surface area contributed by atoms with Crippen LogP contribution in [0.5, 0.6) is 0 Å². The Morgan fingerprint density at radius 1 is 1.25 bits per heavy atom. The molecular formula is C14H21N3O3. The maximum absolute atomic E-state index is 11.8. The van der Waals surface area contributed by atoms with Crippen LogP contribution in [0.3, 0.4) is 0 Å². The van der Waals surface area contributed by atoms with Gasteiger partial charge in [0.25, 0.3) is 0 Å². The molecule has 0 bridgehead atoms. The summed E-state index contributed by atoms with van der Waals surface area (Å²) in [6.07, 6.45) is 0. The van der Waals surface area contributed by atoms with Crippen LogP contribution in [0.1, 0.15) is 6.92 Å². The van der Waals surface area contributed by atoms with E-state index in [1.165, 1.54) is 0 Å². The maximum Gasteiger partial charge on any atom is 0.321 e. The van der Waals surface area contributed by atoms with Gasteiger partial charge in [-0.05, 0) is 19.1 Å². The summed E-state index contributed by atoms with van der Waals surface area (Å²) in [5.74, 6) is -0.342. The number of para-hydroxylation sites is 1. The molecule has 0 fully saturated rings. The lowest BCUT2D eigenvalue weighted by atomic mass is 10.3. The highest BCUT2D eigenvalue weighted by molar-refractivity contribution is 5.96. The first-order valence-electron chi connectivity index (χ1n) is 6.54. The molecule has 0 aromatic heterocycles. The van der Waals surface area contributed by atoms with Crippen molar-refractivity contribution in [3.05, 3.63) is 30.3 Å². The van der Waals surface area contributed by atoms with Crippen molar-refractivity contribution in [3.8, 4) is 0 Å². The molecule has 6 nitrogen and oxygen atoms in total. The fraction of sp³-hybridized carbons (Fsp3) is 0.429. The van der Waals surface area contributed by atoms with Crippen LogP contribution in [-0.2, 0) is 9.53 Å². The summed E-state index contributed by atoms with van der Waals surface area (Å²) in [4.78, 5) is 25.1. The van der Waals surface area contributed by atoms with Gasteiger partial charge in [0.2, 0.25) is 5.91 Å².